The summed E-state index contributed by atoms with van der Waals surface area (Å²) in [6, 6.07) is 3.51. The Bertz CT molecular complexity index is 297. The molecule has 0 aliphatic rings. The number of aliphatic hydroxyl groups excluding tert-OH is 1. The number of hydrogen-bond donors (Lipinski definition) is 1. The van der Waals surface area contributed by atoms with Gasteiger partial charge in [0, 0.05) is 6.20 Å². The summed E-state index contributed by atoms with van der Waals surface area (Å²) < 4.78 is 5.19. The highest BCUT2D eigenvalue weighted by molar-refractivity contribution is 5.53. The Balaban J connectivity index is 2.82. The lowest BCUT2D eigenvalue weighted by Gasteiger charge is -2.06. The van der Waals surface area contributed by atoms with Crippen molar-refractivity contribution in [2.45, 2.75) is 13.5 Å². The Labute approximate surface area is 77.7 Å². The summed E-state index contributed by atoms with van der Waals surface area (Å²) in [7, 11) is 0. The zero-order valence-corrected chi connectivity index (χ0v) is 7.66. The summed E-state index contributed by atoms with van der Waals surface area (Å²) in [5, 5.41) is 8.88. The van der Waals surface area contributed by atoms with Gasteiger partial charge in [-0.1, -0.05) is 6.58 Å². The summed E-state index contributed by atoms with van der Waals surface area (Å²) in [6.45, 7) is 6.20. The first-order valence-corrected chi connectivity index (χ1v) is 4.15. The van der Waals surface area contributed by atoms with Crippen molar-refractivity contribution in [3.8, 4) is 0 Å². The molecule has 0 spiro atoms. The molecule has 1 aromatic heterocycles. The second kappa shape index (κ2) is 4.62. The van der Waals surface area contributed by atoms with Crippen molar-refractivity contribution < 1.29 is 9.84 Å². The first-order chi connectivity index (χ1) is 6.27. The molecule has 70 valence electrons. The minimum atomic E-state index is 0.00885. The Kier molecular flexibility index (Phi) is 3.46. The highest BCUT2D eigenvalue weighted by atomic mass is 16.5. The zero-order valence-electron chi connectivity index (χ0n) is 7.66. The fourth-order valence-corrected chi connectivity index (χ4v) is 0.973. The Hall–Kier alpha value is -1.35. The summed E-state index contributed by atoms with van der Waals surface area (Å²) in [5.41, 5.74) is 1.49. The minimum absolute atomic E-state index is 0.00885. The molecule has 13 heavy (non-hydrogen) atoms. The second-order valence-corrected chi connectivity index (χ2v) is 2.56. The van der Waals surface area contributed by atoms with Gasteiger partial charge in [-0.15, -0.1) is 0 Å². The van der Waals surface area contributed by atoms with Crippen LogP contribution >= 0.6 is 0 Å². The number of hydrogen-bond acceptors (Lipinski definition) is 3. The Morgan fingerprint density at radius 2 is 2.46 bits per heavy atom. The van der Waals surface area contributed by atoms with Crippen LogP contribution in [0, 0.1) is 0 Å². The molecule has 0 atom stereocenters. The predicted octanol–water partition coefficient (Wildman–Crippen LogP) is 1.58. The molecule has 1 N–H and O–H groups in total. The van der Waals surface area contributed by atoms with Gasteiger partial charge in [0.25, 0.3) is 0 Å². The van der Waals surface area contributed by atoms with Crippen LogP contribution in [0.2, 0.25) is 0 Å². The van der Waals surface area contributed by atoms with Gasteiger partial charge in [0.1, 0.15) is 11.5 Å². The number of pyridine rings is 1. The number of rotatable bonds is 4. The molecule has 0 aromatic carbocycles. The quantitative estimate of drug-likeness (QED) is 0.713. The fraction of sp³-hybridized carbons (Fsp3) is 0.300. The first-order valence-electron chi connectivity index (χ1n) is 4.15. The second-order valence-electron chi connectivity index (χ2n) is 2.56. The van der Waals surface area contributed by atoms with Crippen molar-refractivity contribution in [2.24, 2.45) is 0 Å². The van der Waals surface area contributed by atoms with Gasteiger partial charge in [-0.05, 0) is 24.6 Å². The lowest BCUT2D eigenvalue weighted by molar-refractivity contribution is 0.281. The topological polar surface area (TPSA) is 42.4 Å². The average molecular weight is 179 g/mol. The van der Waals surface area contributed by atoms with E-state index in [1.165, 1.54) is 0 Å². The molecule has 1 heterocycles. The van der Waals surface area contributed by atoms with Gasteiger partial charge in [-0.2, -0.15) is 0 Å². The van der Waals surface area contributed by atoms with Crippen LogP contribution in [0.3, 0.4) is 0 Å². The normalized spacial score (nSPS) is 9.69. The van der Waals surface area contributed by atoms with Crippen LogP contribution in [0.25, 0.3) is 5.76 Å². The molecule has 0 amide bonds. The predicted molar refractivity (Wildman–Crippen MR) is 50.8 cm³/mol. The van der Waals surface area contributed by atoms with Gasteiger partial charge in [-0.3, -0.25) is 4.98 Å². The fourth-order valence-electron chi connectivity index (χ4n) is 0.973. The Morgan fingerprint density at radius 3 is 3.08 bits per heavy atom. The third kappa shape index (κ3) is 2.56. The molecule has 0 aliphatic carbocycles. The van der Waals surface area contributed by atoms with Crippen molar-refractivity contribution in [3.63, 3.8) is 0 Å². The molecule has 1 aromatic rings. The number of aliphatic hydroxyl groups is 1. The molecular weight excluding hydrogens is 166 g/mol. The SMILES string of the molecule is C=C(OCC)c1cc(CO)ccn1. The smallest absolute Gasteiger partial charge is 0.137 e. The van der Waals surface area contributed by atoms with Crippen LogP contribution in [0.5, 0.6) is 0 Å². The summed E-state index contributed by atoms with van der Waals surface area (Å²) >= 11 is 0. The van der Waals surface area contributed by atoms with E-state index in [0.717, 1.165) is 5.56 Å². The van der Waals surface area contributed by atoms with Crippen LogP contribution in [0.1, 0.15) is 18.2 Å². The van der Waals surface area contributed by atoms with Gasteiger partial charge >= 0.3 is 0 Å². The van der Waals surface area contributed by atoms with Gasteiger partial charge in [0.15, 0.2) is 0 Å². The maximum Gasteiger partial charge on any atom is 0.137 e. The molecule has 0 saturated carbocycles. The molecule has 0 fully saturated rings. The van der Waals surface area contributed by atoms with Gasteiger partial charge < -0.3 is 9.84 Å². The number of aromatic nitrogens is 1. The standard InChI is InChI=1S/C10H13NO2/c1-3-13-8(2)10-6-9(7-12)4-5-11-10/h4-6,12H,2-3,7H2,1H3. The monoisotopic (exact) mass is 179 g/mol. The van der Waals surface area contributed by atoms with Crippen molar-refractivity contribution in [1.29, 1.82) is 0 Å². The van der Waals surface area contributed by atoms with E-state index in [1.54, 1.807) is 18.3 Å². The maximum atomic E-state index is 8.88. The van der Waals surface area contributed by atoms with E-state index >= 15 is 0 Å². The molecule has 0 bridgehead atoms. The molecule has 3 heteroatoms. The van der Waals surface area contributed by atoms with E-state index in [9.17, 15) is 0 Å². The van der Waals surface area contributed by atoms with Crippen LogP contribution in [0.4, 0.5) is 0 Å². The molecular formula is C10H13NO2. The van der Waals surface area contributed by atoms with Gasteiger partial charge in [0.05, 0.1) is 13.2 Å². The molecule has 0 aliphatic heterocycles. The minimum Gasteiger partial charge on any atom is -0.492 e. The molecule has 0 unspecified atom stereocenters. The lowest BCUT2D eigenvalue weighted by atomic mass is 10.2. The lowest BCUT2D eigenvalue weighted by Crippen LogP contribution is -1.95. The zero-order chi connectivity index (χ0) is 9.68. The largest absolute Gasteiger partial charge is 0.492 e. The number of nitrogens with zero attached hydrogens (tertiary/aromatic N) is 1. The van der Waals surface area contributed by atoms with E-state index < -0.39 is 0 Å². The summed E-state index contributed by atoms with van der Waals surface area (Å²) in [4.78, 5) is 4.07. The van der Waals surface area contributed by atoms with Crippen LogP contribution in [0.15, 0.2) is 24.9 Å². The molecule has 0 saturated heterocycles. The van der Waals surface area contributed by atoms with Gasteiger partial charge in [-0.25, -0.2) is 0 Å². The average Bonchev–Trinajstić information content (AvgIpc) is 2.18. The number of ether oxygens (including phenoxy) is 1. The van der Waals surface area contributed by atoms with Crippen LogP contribution < -0.4 is 0 Å². The Morgan fingerprint density at radius 1 is 1.69 bits per heavy atom. The van der Waals surface area contributed by atoms with Crippen molar-refractivity contribution in [1.82, 2.24) is 4.98 Å². The van der Waals surface area contributed by atoms with Crippen molar-refractivity contribution in [3.05, 3.63) is 36.2 Å². The highest BCUT2D eigenvalue weighted by Gasteiger charge is 2.01. The summed E-state index contributed by atoms with van der Waals surface area (Å²) in [5.74, 6) is 0.540. The van der Waals surface area contributed by atoms with E-state index in [0.29, 0.717) is 18.1 Å². The first kappa shape index (κ1) is 9.74. The molecule has 3 nitrogen and oxygen atoms in total. The van der Waals surface area contributed by atoms with Crippen LogP contribution in [-0.2, 0) is 11.3 Å². The highest BCUT2D eigenvalue weighted by Crippen LogP contribution is 2.12. The van der Waals surface area contributed by atoms with E-state index in [4.69, 9.17) is 9.84 Å². The summed E-state index contributed by atoms with van der Waals surface area (Å²) in [6.07, 6.45) is 1.63. The van der Waals surface area contributed by atoms with Crippen molar-refractivity contribution >= 4 is 5.76 Å². The third-order valence-electron chi connectivity index (χ3n) is 1.61. The van der Waals surface area contributed by atoms with Crippen molar-refractivity contribution in [2.75, 3.05) is 6.61 Å². The maximum absolute atomic E-state index is 8.88. The van der Waals surface area contributed by atoms with E-state index in [1.807, 2.05) is 6.92 Å². The van der Waals surface area contributed by atoms with E-state index in [2.05, 4.69) is 11.6 Å². The molecule has 0 radical (unpaired) electrons. The van der Waals surface area contributed by atoms with Crippen LogP contribution in [-0.4, -0.2) is 16.7 Å². The molecule has 1 rings (SSSR count). The third-order valence-corrected chi connectivity index (χ3v) is 1.61. The van der Waals surface area contributed by atoms with Gasteiger partial charge in [0.2, 0.25) is 0 Å². The van der Waals surface area contributed by atoms with E-state index in [-0.39, 0.29) is 6.61 Å².